The van der Waals surface area contributed by atoms with E-state index in [1.165, 1.54) is 23.1 Å². The normalized spacial score (nSPS) is 20.9. The Balaban J connectivity index is 1.52. The number of hydrogen-bond donors (Lipinski definition) is 2. The molecular weight excluding hydrogens is 304 g/mol. The molecule has 1 saturated carbocycles. The van der Waals surface area contributed by atoms with Gasteiger partial charge in [-0.15, -0.1) is 11.3 Å². The summed E-state index contributed by atoms with van der Waals surface area (Å²) in [5.74, 6) is -0.835. The number of aliphatic imine (C=N–C) groups is 1. The van der Waals surface area contributed by atoms with Gasteiger partial charge in [0, 0.05) is 35.4 Å². The van der Waals surface area contributed by atoms with Gasteiger partial charge in [-0.05, 0) is 30.0 Å². The van der Waals surface area contributed by atoms with Crippen LogP contribution in [0.3, 0.4) is 0 Å². The van der Waals surface area contributed by atoms with E-state index in [0.29, 0.717) is 18.9 Å². The van der Waals surface area contributed by atoms with Crippen LogP contribution in [-0.4, -0.2) is 18.5 Å². The minimum Gasteiger partial charge on any atom is -0.370 e. The smallest absolute Gasteiger partial charge is 0.188 e. The Morgan fingerprint density at radius 3 is 2.73 bits per heavy atom. The van der Waals surface area contributed by atoms with E-state index in [0.717, 1.165) is 6.42 Å². The van der Waals surface area contributed by atoms with E-state index < -0.39 is 11.6 Å². The second-order valence-electron chi connectivity index (χ2n) is 5.32. The molecule has 0 spiro atoms. The van der Waals surface area contributed by atoms with Crippen molar-refractivity contribution in [3.8, 4) is 0 Å². The van der Waals surface area contributed by atoms with E-state index in [-0.39, 0.29) is 17.5 Å². The predicted molar refractivity (Wildman–Crippen MR) is 85.2 cm³/mol. The zero-order valence-corrected chi connectivity index (χ0v) is 12.7. The van der Waals surface area contributed by atoms with Crippen LogP contribution in [0.4, 0.5) is 8.78 Å². The lowest BCUT2D eigenvalue weighted by Gasteiger charge is -2.07. The molecule has 3 N–H and O–H groups in total. The molecule has 0 saturated heterocycles. The first kappa shape index (κ1) is 15.0. The van der Waals surface area contributed by atoms with Gasteiger partial charge in [0.2, 0.25) is 0 Å². The summed E-state index contributed by atoms with van der Waals surface area (Å²) in [5.41, 5.74) is 5.97. The monoisotopic (exact) mass is 321 g/mol. The van der Waals surface area contributed by atoms with Gasteiger partial charge in [-0.3, -0.25) is 4.99 Å². The molecule has 1 aliphatic carbocycles. The third-order valence-electron chi connectivity index (χ3n) is 3.71. The quantitative estimate of drug-likeness (QED) is 0.657. The van der Waals surface area contributed by atoms with Gasteiger partial charge in [0.05, 0.1) is 0 Å². The first-order valence-corrected chi connectivity index (χ1v) is 8.06. The molecule has 3 nitrogen and oxygen atoms in total. The fraction of sp³-hybridized carbons (Fsp3) is 0.312. The molecule has 1 fully saturated rings. The van der Waals surface area contributed by atoms with Crippen LogP contribution in [0.15, 0.2) is 40.7 Å². The van der Waals surface area contributed by atoms with Crippen LogP contribution in [0.2, 0.25) is 0 Å². The zero-order chi connectivity index (χ0) is 15.5. The van der Waals surface area contributed by atoms with E-state index >= 15 is 0 Å². The molecule has 6 heteroatoms. The average Bonchev–Trinajstić information content (AvgIpc) is 2.99. The molecule has 0 amide bonds. The van der Waals surface area contributed by atoms with Gasteiger partial charge in [0.15, 0.2) is 5.96 Å². The van der Waals surface area contributed by atoms with Gasteiger partial charge in [0.1, 0.15) is 11.6 Å². The zero-order valence-electron chi connectivity index (χ0n) is 11.9. The number of guanidine groups is 1. The van der Waals surface area contributed by atoms with Crippen molar-refractivity contribution in [1.29, 1.82) is 0 Å². The largest absolute Gasteiger partial charge is 0.370 e. The molecule has 2 atom stereocenters. The summed E-state index contributed by atoms with van der Waals surface area (Å²) in [6.07, 6.45) is 1.51. The third kappa shape index (κ3) is 3.44. The number of nitrogens with zero attached hydrogens (tertiary/aromatic N) is 1. The first-order chi connectivity index (χ1) is 10.6. The Morgan fingerprint density at radius 1 is 1.27 bits per heavy atom. The van der Waals surface area contributed by atoms with Crippen LogP contribution in [0.5, 0.6) is 0 Å². The maximum Gasteiger partial charge on any atom is 0.188 e. The highest BCUT2D eigenvalue weighted by Gasteiger charge is 2.42. The Morgan fingerprint density at radius 2 is 2.05 bits per heavy atom. The van der Waals surface area contributed by atoms with Gasteiger partial charge in [-0.1, -0.05) is 12.1 Å². The summed E-state index contributed by atoms with van der Waals surface area (Å²) in [5, 5.41) is 5.06. The van der Waals surface area contributed by atoms with Crippen molar-refractivity contribution >= 4 is 17.3 Å². The standard InChI is InChI=1S/C16H17F2N3S/c17-12-4-1-5-13(18)15(12)11-9-14(11)21-16(19)20-7-6-10-3-2-8-22-10/h1-5,8,11,14H,6-7,9H2,(H3,19,20,21). The number of nitrogens with one attached hydrogen (secondary N) is 1. The van der Waals surface area contributed by atoms with Crippen molar-refractivity contribution in [2.45, 2.75) is 24.8 Å². The lowest BCUT2D eigenvalue weighted by atomic mass is 10.1. The van der Waals surface area contributed by atoms with Crippen LogP contribution in [0.1, 0.15) is 22.8 Å². The fourth-order valence-corrected chi connectivity index (χ4v) is 3.21. The highest BCUT2D eigenvalue weighted by Crippen LogP contribution is 2.42. The third-order valence-corrected chi connectivity index (χ3v) is 4.65. The Labute approximate surface area is 131 Å². The molecule has 1 aliphatic rings. The molecule has 2 unspecified atom stereocenters. The van der Waals surface area contributed by atoms with Crippen molar-refractivity contribution < 1.29 is 8.78 Å². The van der Waals surface area contributed by atoms with E-state index in [9.17, 15) is 8.78 Å². The number of thiophene rings is 1. The molecule has 116 valence electrons. The van der Waals surface area contributed by atoms with Crippen molar-refractivity contribution in [2.75, 3.05) is 6.54 Å². The van der Waals surface area contributed by atoms with Crippen LogP contribution in [-0.2, 0) is 6.42 Å². The van der Waals surface area contributed by atoms with Crippen molar-refractivity contribution in [2.24, 2.45) is 10.7 Å². The molecule has 1 aromatic heterocycles. The van der Waals surface area contributed by atoms with Crippen LogP contribution in [0, 0.1) is 11.6 Å². The molecular formula is C16H17F2N3S. The van der Waals surface area contributed by atoms with Gasteiger partial charge in [-0.2, -0.15) is 0 Å². The number of nitrogens with two attached hydrogens (primary N) is 1. The maximum absolute atomic E-state index is 13.7. The minimum atomic E-state index is -0.498. The molecule has 3 rings (SSSR count). The van der Waals surface area contributed by atoms with Crippen molar-refractivity contribution in [3.05, 3.63) is 57.8 Å². The number of hydrogen-bond acceptors (Lipinski definition) is 2. The Kier molecular flexibility index (Phi) is 4.38. The molecule has 2 aromatic rings. The average molecular weight is 321 g/mol. The molecule has 0 aliphatic heterocycles. The SMILES string of the molecule is NC(=NCCc1cccs1)NC1CC1c1c(F)cccc1F. The lowest BCUT2D eigenvalue weighted by molar-refractivity contribution is 0.554. The van der Waals surface area contributed by atoms with Crippen molar-refractivity contribution in [1.82, 2.24) is 5.32 Å². The van der Waals surface area contributed by atoms with Gasteiger partial charge in [-0.25, -0.2) is 8.78 Å². The van der Waals surface area contributed by atoms with E-state index in [4.69, 9.17) is 5.73 Å². The lowest BCUT2D eigenvalue weighted by Crippen LogP contribution is -2.34. The van der Waals surface area contributed by atoms with Gasteiger partial charge < -0.3 is 11.1 Å². The van der Waals surface area contributed by atoms with Crippen LogP contribution < -0.4 is 11.1 Å². The van der Waals surface area contributed by atoms with E-state index in [1.54, 1.807) is 11.3 Å². The fourth-order valence-electron chi connectivity index (χ4n) is 2.52. The summed E-state index contributed by atoms with van der Waals surface area (Å²) in [6.45, 7) is 0.602. The van der Waals surface area contributed by atoms with E-state index in [2.05, 4.69) is 16.4 Å². The van der Waals surface area contributed by atoms with Gasteiger partial charge >= 0.3 is 0 Å². The topological polar surface area (TPSA) is 50.4 Å². The van der Waals surface area contributed by atoms with Crippen molar-refractivity contribution in [3.63, 3.8) is 0 Å². The van der Waals surface area contributed by atoms with E-state index in [1.807, 2.05) is 11.4 Å². The number of halogens is 2. The molecule has 0 bridgehead atoms. The second-order valence-corrected chi connectivity index (χ2v) is 6.36. The predicted octanol–water partition coefficient (Wildman–Crippen LogP) is 3.03. The Hall–Kier alpha value is -1.95. The maximum atomic E-state index is 13.7. The summed E-state index contributed by atoms with van der Waals surface area (Å²) < 4.78 is 27.4. The second kappa shape index (κ2) is 6.44. The molecule has 0 radical (unpaired) electrons. The molecule has 1 aromatic carbocycles. The number of rotatable bonds is 5. The molecule has 1 heterocycles. The summed E-state index contributed by atoms with van der Waals surface area (Å²) >= 11 is 1.69. The van der Waals surface area contributed by atoms with Crippen LogP contribution >= 0.6 is 11.3 Å². The highest BCUT2D eigenvalue weighted by molar-refractivity contribution is 7.09. The summed E-state index contributed by atoms with van der Waals surface area (Å²) in [4.78, 5) is 5.51. The minimum absolute atomic E-state index is 0.0445. The summed E-state index contributed by atoms with van der Waals surface area (Å²) in [6, 6.07) is 7.96. The van der Waals surface area contributed by atoms with Gasteiger partial charge in [0.25, 0.3) is 0 Å². The molecule has 22 heavy (non-hydrogen) atoms. The van der Waals surface area contributed by atoms with Crippen LogP contribution in [0.25, 0.3) is 0 Å². The Bertz CT molecular complexity index is 650. The number of benzene rings is 1. The highest BCUT2D eigenvalue weighted by atomic mass is 32.1. The first-order valence-electron chi connectivity index (χ1n) is 7.18. The summed E-state index contributed by atoms with van der Waals surface area (Å²) in [7, 11) is 0.